The monoisotopic (exact) mass is 361 g/mol. The van der Waals surface area contributed by atoms with E-state index in [0.717, 1.165) is 9.13 Å². The Morgan fingerprint density at radius 1 is 1.22 bits per heavy atom. The predicted molar refractivity (Wildman–Crippen MR) is 81.6 cm³/mol. The lowest BCUT2D eigenvalue weighted by molar-refractivity contribution is 0.0470. The first kappa shape index (κ1) is 15.3. The van der Waals surface area contributed by atoms with Crippen molar-refractivity contribution in [3.63, 3.8) is 0 Å². The summed E-state index contributed by atoms with van der Waals surface area (Å²) in [6.45, 7) is 9.48. The van der Waals surface area contributed by atoms with Gasteiger partial charge < -0.3 is 10.1 Å². The third-order valence-corrected chi connectivity index (χ3v) is 3.03. The Balaban J connectivity index is 2.79. The van der Waals surface area contributed by atoms with Crippen LogP contribution >= 0.6 is 22.6 Å². The summed E-state index contributed by atoms with van der Waals surface area (Å²) in [7, 11) is 0. The van der Waals surface area contributed by atoms with Crippen LogP contribution in [0.1, 0.15) is 40.2 Å². The molecule has 1 aromatic rings. The molecule has 0 saturated heterocycles. The molecule has 1 rings (SSSR count). The van der Waals surface area contributed by atoms with Crippen molar-refractivity contribution in [2.45, 2.75) is 45.8 Å². The number of alkyl carbamates (subject to hydrolysis) is 1. The maximum absolute atomic E-state index is 11.8. The molecule has 0 aromatic heterocycles. The van der Waals surface area contributed by atoms with Crippen LogP contribution in [0.3, 0.4) is 0 Å². The molecule has 0 heterocycles. The first-order valence-corrected chi connectivity index (χ1v) is 6.95. The maximum Gasteiger partial charge on any atom is 0.408 e. The van der Waals surface area contributed by atoms with E-state index in [1.54, 1.807) is 0 Å². The Morgan fingerprint density at radius 2 is 1.83 bits per heavy atom. The Kier molecular flexibility index (Phi) is 4.64. The average Bonchev–Trinajstić information content (AvgIpc) is 2.13. The smallest absolute Gasteiger partial charge is 0.408 e. The number of amides is 1. The van der Waals surface area contributed by atoms with Gasteiger partial charge in [0.05, 0.1) is 5.54 Å². The molecule has 0 aliphatic carbocycles. The predicted octanol–water partition coefficient (Wildman–Crippen LogP) is 4.05. The van der Waals surface area contributed by atoms with Crippen molar-refractivity contribution in [3.8, 4) is 0 Å². The first-order valence-electron chi connectivity index (χ1n) is 5.87. The van der Waals surface area contributed by atoms with Crippen molar-refractivity contribution in [2.75, 3.05) is 0 Å². The number of ether oxygens (including phenoxy) is 1. The van der Waals surface area contributed by atoms with Crippen molar-refractivity contribution >= 4 is 28.7 Å². The highest BCUT2D eigenvalue weighted by atomic mass is 127. The minimum atomic E-state index is -0.481. The highest BCUT2D eigenvalue weighted by molar-refractivity contribution is 14.1. The fraction of sp³-hybridized carbons (Fsp3) is 0.500. The van der Waals surface area contributed by atoms with Crippen molar-refractivity contribution < 1.29 is 9.53 Å². The van der Waals surface area contributed by atoms with E-state index in [2.05, 4.69) is 34.0 Å². The van der Waals surface area contributed by atoms with Gasteiger partial charge >= 0.3 is 6.09 Å². The van der Waals surface area contributed by atoms with Crippen LogP contribution in [0.25, 0.3) is 0 Å². The summed E-state index contributed by atoms with van der Waals surface area (Å²) in [4.78, 5) is 11.8. The Bertz CT molecular complexity index is 436. The molecule has 0 aliphatic rings. The van der Waals surface area contributed by atoms with E-state index < -0.39 is 17.2 Å². The molecule has 0 bridgehead atoms. The van der Waals surface area contributed by atoms with E-state index in [-0.39, 0.29) is 0 Å². The van der Waals surface area contributed by atoms with E-state index in [1.165, 1.54) is 0 Å². The van der Waals surface area contributed by atoms with Crippen LogP contribution in [0.4, 0.5) is 4.79 Å². The largest absolute Gasteiger partial charge is 0.444 e. The zero-order valence-electron chi connectivity index (χ0n) is 11.5. The lowest BCUT2D eigenvalue weighted by Gasteiger charge is -2.29. The van der Waals surface area contributed by atoms with Gasteiger partial charge in [0, 0.05) is 3.57 Å². The van der Waals surface area contributed by atoms with Crippen molar-refractivity contribution in [1.29, 1.82) is 0 Å². The molecule has 0 unspecified atom stereocenters. The molecule has 4 heteroatoms. The van der Waals surface area contributed by atoms with Gasteiger partial charge in [0.2, 0.25) is 0 Å². The van der Waals surface area contributed by atoms with Gasteiger partial charge in [-0.3, -0.25) is 0 Å². The second-order valence-electron chi connectivity index (χ2n) is 5.76. The summed E-state index contributed by atoms with van der Waals surface area (Å²) in [5.41, 5.74) is 0.120. The van der Waals surface area contributed by atoms with Gasteiger partial charge in [-0.2, -0.15) is 0 Å². The molecule has 0 atom stereocenters. The minimum absolute atomic E-state index is 0.397. The van der Waals surface area contributed by atoms with Crippen LogP contribution in [0.5, 0.6) is 0 Å². The van der Waals surface area contributed by atoms with E-state index in [9.17, 15) is 4.79 Å². The highest BCUT2D eigenvalue weighted by Gasteiger charge is 2.26. The van der Waals surface area contributed by atoms with Crippen molar-refractivity contribution in [2.24, 2.45) is 0 Å². The molecule has 0 fully saturated rings. The van der Waals surface area contributed by atoms with E-state index in [1.807, 2.05) is 52.8 Å². The topological polar surface area (TPSA) is 38.3 Å². The third-order valence-electron chi connectivity index (χ3n) is 2.36. The summed E-state index contributed by atoms with van der Waals surface area (Å²) >= 11 is 2.26. The molecule has 1 N–H and O–H groups in total. The van der Waals surface area contributed by atoms with E-state index >= 15 is 0 Å². The summed E-state index contributed by atoms with van der Waals surface area (Å²) in [5.74, 6) is 0. The molecule has 0 aliphatic heterocycles. The number of carbonyl (C=O) groups excluding carboxylic acids is 1. The van der Waals surface area contributed by atoms with Crippen molar-refractivity contribution in [1.82, 2.24) is 5.32 Å². The number of hydrogen-bond acceptors (Lipinski definition) is 2. The molecule has 0 saturated carbocycles. The van der Waals surface area contributed by atoms with Crippen LogP contribution in [0.2, 0.25) is 0 Å². The fourth-order valence-corrected chi connectivity index (χ4v) is 2.05. The van der Waals surface area contributed by atoms with Crippen LogP contribution in [-0.2, 0) is 10.3 Å². The van der Waals surface area contributed by atoms with E-state index in [4.69, 9.17) is 4.74 Å². The van der Waals surface area contributed by atoms with Crippen LogP contribution in [0, 0.1) is 3.57 Å². The average molecular weight is 361 g/mol. The highest BCUT2D eigenvalue weighted by Crippen LogP contribution is 2.22. The molecule has 0 radical (unpaired) electrons. The number of hydrogen-bond donors (Lipinski definition) is 1. The second kappa shape index (κ2) is 5.47. The molecule has 1 aromatic carbocycles. The lowest BCUT2D eigenvalue weighted by atomic mass is 9.95. The van der Waals surface area contributed by atoms with Crippen LogP contribution < -0.4 is 5.32 Å². The molecule has 1 amide bonds. The number of halogens is 1. The summed E-state index contributed by atoms with van der Waals surface area (Å²) < 4.78 is 6.42. The standard InChI is InChI=1S/C14H20INO2/c1-13(2,3)18-12(17)16-14(4,5)10-7-6-8-11(15)9-10/h6-9H,1-5H3,(H,16,17). The van der Waals surface area contributed by atoms with Crippen LogP contribution in [-0.4, -0.2) is 11.7 Å². The number of benzene rings is 1. The normalized spacial score (nSPS) is 12.1. The van der Waals surface area contributed by atoms with Gasteiger partial charge in [-0.15, -0.1) is 0 Å². The molecular formula is C14H20INO2. The zero-order chi connectivity index (χ0) is 14.0. The summed E-state index contributed by atoms with van der Waals surface area (Å²) in [5, 5.41) is 2.89. The minimum Gasteiger partial charge on any atom is -0.444 e. The fourth-order valence-electron chi connectivity index (χ4n) is 1.51. The molecular weight excluding hydrogens is 341 g/mol. The lowest BCUT2D eigenvalue weighted by Crippen LogP contribution is -2.43. The summed E-state index contributed by atoms with van der Waals surface area (Å²) in [6, 6.07) is 8.06. The Morgan fingerprint density at radius 3 is 2.33 bits per heavy atom. The van der Waals surface area contributed by atoms with Gasteiger partial charge in [0.1, 0.15) is 5.60 Å². The molecule has 0 spiro atoms. The van der Waals surface area contributed by atoms with Gasteiger partial charge in [-0.1, -0.05) is 12.1 Å². The van der Waals surface area contributed by atoms with E-state index in [0.29, 0.717) is 0 Å². The number of nitrogens with one attached hydrogen (secondary N) is 1. The first-order chi connectivity index (χ1) is 8.10. The molecule has 3 nitrogen and oxygen atoms in total. The second-order valence-corrected chi connectivity index (χ2v) is 7.01. The maximum atomic E-state index is 11.8. The quantitative estimate of drug-likeness (QED) is 0.807. The third kappa shape index (κ3) is 4.84. The summed E-state index contributed by atoms with van der Waals surface area (Å²) in [6.07, 6.45) is -0.397. The van der Waals surface area contributed by atoms with Crippen molar-refractivity contribution in [3.05, 3.63) is 33.4 Å². The Hall–Kier alpha value is -0.780. The zero-order valence-corrected chi connectivity index (χ0v) is 13.7. The van der Waals surface area contributed by atoms with Gasteiger partial charge in [-0.25, -0.2) is 4.79 Å². The van der Waals surface area contributed by atoms with Gasteiger partial charge in [0.15, 0.2) is 0 Å². The SMILES string of the molecule is CC(C)(C)OC(=O)NC(C)(C)c1cccc(I)c1. The van der Waals surface area contributed by atoms with Gasteiger partial charge in [0.25, 0.3) is 0 Å². The Labute approximate surface area is 122 Å². The molecule has 100 valence electrons. The number of carbonyl (C=O) groups is 1. The molecule has 18 heavy (non-hydrogen) atoms. The number of rotatable bonds is 2. The van der Waals surface area contributed by atoms with Crippen LogP contribution in [0.15, 0.2) is 24.3 Å². The van der Waals surface area contributed by atoms with Gasteiger partial charge in [-0.05, 0) is 74.9 Å².